The fourth-order valence-corrected chi connectivity index (χ4v) is 6.58. The Balaban J connectivity index is 1.42. The van der Waals surface area contributed by atoms with Crippen molar-refractivity contribution >= 4 is 62.3 Å². The topological polar surface area (TPSA) is 108 Å². The summed E-state index contributed by atoms with van der Waals surface area (Å²) in [6, 6.07) is 18.6. The Labute approximate surface area is 249 Å². The summed E-state index contributed by atoms with van der Waals surface area (Å²) in [4.78, 5) is 26.5. The van der Waals surface area contributed by atoms with Gasteiger partial charge >= 0.3 is 0 Å². The zero-order valence-electron chi connectivity index (χ0n) is 21.8. The fourth-order valence-electron chi connectivity index (χ4n) is 4.70. The predicted molar refractivity (Wildman–Crippen MR) is 160 cm³/mol. The molecule has 1 fully saturated rings. The van der Waals surface area contributed by atoms with E-state index in [-0.39, 0.29) is 39.9 Å². The first-order valence-corrected chi connectivity index (χ1v) is 15.3. The van der Waals surface area contributed by atoms with E-state index in [9.17, 15) is 18.0 Å². The van der Waals surface area contributed by atoms with E-state index in [1.54, 1.807) is 0 Å². The number of hydrogen-bond donors (Lipinski definition) is 3. The number of rotatable bonds is 10. The van der Waals surface area contributed by atoms with Gasteiger partial charge in [0.05, 0.1) is 17.5 Å². The van der Waals surface area contributed by atoms with Gasteiger partial charge in [-0.2, -0.15) is 0 Å². The Morgan fingerprint density at radius 2 is 1.45 bits per heavy atom. The van der Waals surface area contributed by atoms with Crippen LogP contribution >= 0.6 is 34.8 Å². The van der Waals surface area contributed by atoms with Gasteiger partial charge in [0.15, 0.2) is 0 Å². The van der Waals surface area contributed by atoms with Gasteiger partial charge in [-0.15, -0.1) is 0 Å². The molecule has 40 heavy (non-hydrogen) atoms. The minimum Gasteiger partial charge on any atom is -0.357 e. The largest absolute Gasteiger partial charge is 0.357 e. The van der Waals surface area contributed by atoms with Crippen LogP contribution in [0.25, 0.3) is 0 Å². The molecule has 3 aromatic carbocycles. The van der Waals surface area contributed by atoms with Gasteiger partial charge in [-0.25, -0.2) is 8.42 Å². The Morgan fingerprint density at radius 3 is 1.98 bits per heavy atom. The van der Waals surface area contributed by atoms with Crippen molar-refractivity contribution in [1.82, 2.24) is 15.5 Å². The van der Waals surface area contributed by atoms with Crippen molar-refractivity contribution in [2.24, 2.45) is 5.92 Å². The molecule has 4 rings (SSSR count). The molecule has 1 unspecified atom stereocenters. The van der Waals surface area contributed by atoms with Crippen LogP contribution in [-0.4, -0.2) is 57.1 Å². The van der Waals surface area contributed by atoms with Gasteiger partial charge in [-0.1, -0.05) is 59.1 Å². The maximum absolute atomic E-state index is 13.0. The number of likely N-dealkylation sites (N-methyl/N-ethyl adjacent to an activating group) is 1. The number of anilines is 1. The number of hydrogen-bond acceptors (Lipinski definition) is 5. The summed E-state index contributed by atoms with van der Waals surface area (Å²) in [5, 5.41) is 6.47. The molecule has 12 heteroatoms. The molecule has 1 saturated heterocycles. The molecule has 3 aromatic rings. The van der Waals surface area contributed by atoms with Gasteiger partial charge in [-0.05, 0) is 60.5 Å². The molecule has 1 aliphatic rings. The Morgan fingerprint density at radius 1 is 0.900 bits per heavy atom. The van der Waals surface area contributed by atoms with E-state index in [1.165, 1.54) is 32.2 Å². The van der Waals surface area contributed by atoms with E-state index >= 15 is 0 Å². The van der Waals surface area contributed by atoms with Crippen LogP contribution in [0.3, 0.4) is 0 Å². The molecule has 1 heterocycles. The van der Waals surface area contributed by atoms with Crippen LogP contribution in [0.2, 0.25) is 15.1 Å². The lowest BCUT2D eigenvalue weighted by molar-refractivity contribution is -0.122. The van der Waals surface area contributed by atoms with Crippen LogP contribution in [0.1, 0.15) is 34.5 Å². The van der Waals surface area contributed by atoms with E-state index in [2.05, 4.69) is 20.3 Å². The molecule has 0 radical (unpaired) electrons. The van der Waals surface area contributed by atoms with Gasteiger partial charge in [0.2, 0.25) is 15.9 Å². The van der Waals surface area contributed by atoms with Crippen LogP contribution in [0.4, 0.5) is 5.69 Å². The fraction of sp³-hybridized carbons (Fsp3) is 0.286. The smallest absolute Gasteiger partial charge is 0.252 e. The van der Waals surface area contributed by atoms with E-state index in [0.717, 1.165) is 11.1 Å². The molecule has 1 atom stereocenters. The predicted octanol–water partition coefficient (Wildman–Crippen LogP) is 4.97. The molecular weight excluding hydrogens is 595 g/mol. The lowest BCUT2D eigenvalue weighted by Crippen LogP contribution is -2.51. The van der Waals surface area contributed by atoms with Gasteiger partial charge in [-0.3, -0.25) is 19.2 Å². The zero-order chi connectivity index (χ0) is 29.0. The van der Waals surface area contributed by atoms with Crippen molar-refractivity contribution in [3.63, 3.8) is 0 Å². The summed E-state index contributed by atoms with van der Waals surface area (Å²) in [6.07, 6.45) is 0. The molecule has 0 aromatic heterocycles. The summed E-state index contributed by atoms with van der Waals surface area (Å²) in [5.74, 6) is -1.11. The molecule has 0 spiro atoms. The van der Waals surface area contributed by atoms with Gasteiger partial charge in [0.25, 0.3) is 5.91 Å². The number of carbonyl (C=O) groups is 2. The van der Waals surface area contributed by atoms with Crippen molar-refractivity contribution in [2.75, 3.05) is 30.6 Å². The van der Waals surface area contributed by atoms with Crippen LogP contribution in [0, 0.1) is 5.92 Å². The number of benzene rings is 3. The van der Waals surface area contributed by atoms with Crippen LogP contribution in [0.5, 0.6) is 0 Å². The van der Waals surface area contributed by atoms with Crippen molar-refractivity contribution in [1.29, 1.82) is 0 Å². The molecule has 212 valence electrons. The summed E-state index contributed by atoms with van der Waals surface area (Å²) in [6.45, 7) is 2.67. The zero-order valence-corrected chi connectivity index (χ0v) is 24.9. The SMILES string of the molecule is CNC(=O)C(C)NC(=O)c1cc(Cl)cc(NS(=O)(=O)CC2CN(C(c3ccc(Cl)cc3)c3ccc(Cl)cc3)C2)c1. The molecule has 0 aliphatic carbocycles. The number of nitrogens with one attached hydrogen (secondary N) is 3. The number of likely N-dealkylation sites (tertiary alicyclic amines) is 1. The number of carbonyl (C=O) groups excluding carboxylic acids is 2. The van der Waals surface area contributed by atoms with Gasteiger partial charge in [0.1, 0.15) is 6.04 Å². The highest BCUT2D eigenvalue weighted by Crippen LogP contribution is 2.36. The van der Waals surface area contributed by atoms with Crippen molar-refractivity contribution < 1.29 is 18.0 Å². The monoisotopic (exact) mass is 622 g/mol. The first-order valence-electron chi connectivity index (χ1n) is 12.5. The number of amides is 2. The van der Waals surface area contributed by atoms with E-state index in [1.807, 2.05) is 48.5 Å². The number of halogens is 3. The standard InChI is InChI=1S/C28H29Cl3N4O4S/c1-17(27(36)32-2)33-28(37)21-11-24(31)13-25(12-21)34-40(38,39)16-18-14-35(15-18)26(19-3-7-22(29)8-4-19)20-5-9-23(30)10-6-20/h3-13,17-18,26,34H,14-16H2,1-2H3,(H,32,36)(H,33,37). The highest BCUT2D eigenvalue weighted by atomic mass is 35.5. The number of sulfonamides is 1. The minimum absolute atomic E-state index is 0.0763. The maximum Gasteiger partial charge on any atom is 0.252 e. The average molecular weight is 624 g/mol. The lowest BCUT2D eigenvalue weighted by Gasteiger charge is -2.44. The molecule has 2 amide bonds. The van der Waals surface area contributed by atoms with Crippen molar-refractivity contribution in [2.45, 2.75) is 19.0 Å². The molecule has 0 bridgehead atoms. The van der Waals surface area contributed by atoms with E-state index in [4.69, 9.17) is 34.8 Å². The average Bonchev–Trinajstić information content (AvgIpc) is 2.88. The third-order valence-corrected chi connectivity index (χ3v) is 8.78. The Hall–Kier alpha value is -2.82. The second kappa shape index (κ2) is 12.8. The quantitative estimate of drug-likeness (QED) is 0.296. The van der Waals surface area contributed by atoms with Gasteiger partial charge in [0, 0.05) is 46.7 Å². The molecule has 8 nitrogen and oxygen atoms in total. The third kappa shape index (κ3) is 7.67. The molecule has 3 N–H and O–H groups in total. The second-order valence-corrected chi connectivity index (χ2v) is 12.8. The Bertz CT molecular complexity index is 1430. The summed E-state index contributed by atoms with van der Waals surface area (Å²) in [5.41, 5.74) is 2.38. The van der Waals surface area contributed by atoms with E-state index in [0.29, 0.717) is 23.1 Å². The minimum atomic E-state index is -3.75. The molecule has 0 saturated carbocycles. The summed E-state index contributed by atoms with van der Waals surface area (Å²) < 4.78 is 28.6. The first-order chi connectivity index (χ1) is 18.9. The van der Waals surface area contributed by atoms with Crippen LogP contribution in [0.15, 0.2) is 66.7 Å². The Kier molecular flexibility index (Phi) is 9.64. The second-order valence-electron chi connectivity index (χ2n) is 9.75. The summed E-state index contributed by atoms with van der Waals surface area (Å²) >= 11 is 18.4. The first kappa shape index (κ1) is 30.1. The normalized spacial score (nSPS) is 14.8. The lowest BCUT2D eigenvalue weighted by atomic mass is 9.91. The number of nitrogens with zero attached hydrogens (tertiary/aromatic N) is 1. The van der Waals surface area contributed by atoms with Crippen LogP contribution < -0.4 is 15.4 Å². The summed E-state index contributed by atoms with van der Waals surface area (Å²) in [7, 11) is -2.28. The van der Waals surface area contributed by atoms with E-state index < -0.39 is 22.0 Å². The third-order valence-electron chi connectivity index (χ3n) is 6.60. The highest BCUT2D eigenvalue weighted by Gasteiger charge is 2.36. The maximum atomic E-state index is 13.0. The van der Waals surface area contributed by atoms with Crippen LogP contribution in [-0.2, 0) is 14.8 Å². The molecule has 1 aliphatic heterocycles. The van der Waals surface area contributed by atoms with Crippen molar-refractivity contribution in [3.05, 3.63) is 98.5 Å². The molecular formula is C28H29Cl3N4O4S. The highest BCUT2D eigenvalue weighted by molar-refractivity contribution is 7.92. The van der Waals surface area contributed by atoms with Crippen molar-refractivity contribution in [3.8, 4) is 0 Å². The van der Waals surface area contributed by atoms with Gasteiger partial charge < -0.3 is 10.6 Å².